The summed E-state index contributed by atoms with van der Waals surface area (Å²) in [5, 5.41) is 18.8. The molecule has 1 unspecified atom stereocenters. The van der Waals surface area contributed by atoms with Crippen LogP contribution in [0.3, 0.4) is 0 Å². The Bertz CT molecular complexity index is 425. The third kappa shape index (κ3) is 1.86. The molecule has 3 aliphatic rings. The van der Waals surface area contributed by atoms with E-state index in [1.807, 2.05) is 0 Å². The van der Waals surface area contributed by atoms with Crippen LogP contribution in [0.4, 0.5) is 0 Å². The first-order valence-corrected chi connectivity index (χ1v) is 7.21. The Labute approximate surface area is 113 Å². The molecule has 0 aromatic heterocycles. The number of hydrogen-bond acceptors (Lipinski definition) is 4. The van der Waals surface area contributed by atoms with Crippen molar-refractivity contribution in [3.05, 3.63) is 0 Å². The first-order chi connectivity index (χ1) is 9.13. The topological polar surface area (TPSA) is 90.4 Å². The monoisotopic (exact) mass is 263 g/mol. The largest absolute Gasteiger partial charge is 0.396 e. The van der Waals surface area contributed by atoms with E-state index >= 15 is 0 Å². The molecule has 0 aromatic carbocycles. The van der Waals surface area contributed by atoms with Crippen molar-refractivity contribution < 1.29 is 9.90 Å². The van der Waals surface area contributed by atoms with E-state index in [-0.39, 0.29) is 24.6 Å². The Morgan fingerprint density at radius 2 is 2.16 bits per heavy atom. The second kappa shape index (κ2) is 4.46. The molecule has 2 aliphatic carbocycles. The van der Waals surface area contributed by atoms with Gasteiger partial charge in [-0.1, -0.05) is 12.8 Å². The molecule has 19 heavy (non-hydrogen) atoms. The fraction of sp³-hybridized carbons (Fsp3) is 0.857. The van der Waals surface area contributed by atoms with Crippen LogP contribution < -0.4 is 5.73 Å². The van der Waals surface area contributed by atoms with Gasteiger partial charge in [-0.15, -0.1) is 0 Å². The molecule has 1 amide bonds. The summed E-state index contributed by atoms with van der Waals surface area (Å²) in [6.45, 7) is -0.0287. The molecule has 2 saturated carbocycles. The van der Waals surface area contributed by atoms with E-state index in [1.165, 1.54) is 0 Å². The van der Waals surface area contributed by atoms with Gasteiger partial charge in [-0.25, -0.2) is 0 Å². The molecule has 0 spiro atoms. The number of nitrogens with zero attached hydrogens (tertiary/aromatic N) is 2. The van der Waals surface area contributed by atoms with Gasteiger partial charge >= 0.3 is 0 Å². The number of nitrogens with two attached hydrogens (primary N) is 1. The number of aliphatic hydroxyl groups excluding tert-OH is 1. The van der Waals surface area contributed by atoms with Crippen LogP contribution in [0.1, 0.15) is 38.5 Å². The Morgan fingerprint density at radius 3 is 2.74 bits per heavy atom. The molecular formula is C14H21N3O2. The van der Waals surface area contributed by atoms with Gasteiger partial charge in [0.05, 0.1) is 18.7 Å². The summed E-state index contributed by atoms with van der Waals surface area (Å²) in [7, 11) is 0. The minimum absolute atomic E-state index is 0.0287. The summed E-state index contributed by atoms with van der Waals surface area (Å²) in [4.78, 5) is 14.4. The molecule has 0 aromatic rings. The highest BCUT2D eigenvalue weighted by Gasteiger charge is 2.56. The molecule has 0 radical (unpaired) electrons. The van der Waals surface area contributed by atoms with E-state index in [9.17, 15) is 9.90 Å². The maximum atomic E-state index is 12.6. The quantitative estimate of drug-likeness (QED) is 0.770. The van der Waals surface area contributed by atoms with Crippen LogP contribution in [0.2, 0.25) is 0 Å². The van der Waals surface area contributed by atoms with Gasteiger partial charge < -0.3 is 15.7 Å². The molecule has 104 valence electrons. The lowest BCUT2D eigenvalue weighted by atomic mass is 9.79. The lowest BCUT2D eigenvalue weighted by molar-refractivity contribution is -0.137. The van der Waals surface area contributed by atoms with Gasteiger partial charge in [0.25, 0.3) is 0 Å². The summed E-state index contributed by atoms with van der Waals surface area (Å²) in [5.74, 6) is 0.391. The Hall–Kier alpha value is -1.12. The Kier molecular flexibility index (Phi) is 3.03. The number of carbonyl (C=O) groups is 1. The summed E-state index contributed by atoms with van der Waals surface area (Å²) < 4.78 is 0. The van der Waals surface area contributed by atoms with Gasteiger partial charge in [0.2, 0.25) is 5.91 Å². The third-order valence-electron chi connectivity index (χ3n) is 5.35. The first-order valence-electron chi connectivity index (χ1n) is 7.21. The predicted octanol–water partition coefficient (Wildman–Crippen LogP) is 0.379. The van der Waals surface area contributed by atoms with Crippen molar-refractivity contribution in [3.63, 3.8) is 0 Å². The van der Waals surface area contributed by atoms with Gasteiger partial charge in [0.1, 0.15) is 6.04 Å². The molecule has 4 atom stereocenters. The number of likely N-dealkylation sites (tertiary alicyclic amines) is 1. The number of hydrogen-bond donors (Lipinski definition) is 2. The number of amides is 1. The summed E-state index contributed by atoms with van der Waals surface area (Å²) in [5.41, 5.74) is 5.73. The number of carbonyl (C=O) groups excluding carboxylic acids is 1. The van der Waals surface area contributed by atoms with Crippen molar-refractivity contribution in [1.29, 1.82) is 5.26 Å². The number of piperidine rings is 1. The van der Waals surface area contributed by atoms with E-state index in [4.69, 9.17) is 11.0 Å². The lowest BCUT2D eigenvalue weighted by Crippen LogP contribution is -2.55. The summed E-state index contributed by atoms with van der Waals surface area (Å²) in [6, 6.07) is 1.49. The standard InChI is InChI=1S/C14H21N3O2/c15-7-10-5-9-6-11(9)17(10)13(19)12(16)14(8-18)3-1-2-4-14/h9-12,18H,1-6,8,16H2/t9-,10+,11+,12?/m1/s1. The number of nitriles is 1. The summed E-state index contributed by atoms with van der Waals surface area (Å²) >= 11 is 0. The van der Waals surface area contributed by atoms with E-state index in [0.717, 1.165) is 38.5 Å². The van der Waals surface area contributed by atoms with E-state index in [0.29, 0.717) is 5.92 Å². The second-order valence-electron chi connectivity index (χ2n) is 6.39. The van der Waals surface area contributed by atoms with Crippen molar-refractivity contribution >= 4 is 5.91 Å². The highest BCUT2D eigenvalue weighted by molar-refractivity contribution is 5.84. The zero-order chi connectivity index (χ0) is 13.6. The summed E-state index contributed by atoms with van der Waals surface area (Å²) in [6.07, 6.45) is 5.49. The van der Waals surface area contributed by atoms with Crippen molar-refractivity contribution in [2.24, 2.45) is 17.1 Å². The fourth-order valence-corrected chi connectivity index (χ4v) is 3.96. The van der Waals surface area contributed by atoms with E-state index in [1.54, 1.807) is 4.90 Å². The van der Waals surface area contributed by atoms with Crippen LogP contribution in [0.5, 0.6) is 0 Å². The van der Waals surface area contributed by atoms with Gasteiger partial charge in [0, 0.05) is 11.5 Å². The molecule has 3 fully saturated rings. The van der Waals surface area contributed by atoms with Gasteiger partial charge in [-0.3, -0.25) is 4.79 Å². The molecule has 3 N–H and O–H groups in total. The van der Waals surface area contributed by atoms with Crippen LogP contribution >= 0.6 is 0 Å². The van der Waals surface area contributed by atoms with Crippen molar-refractivity contribution in [1.82, 2.24) is 4.90 Å². The Morgan fingerprint density at radius 1 is 1.47 bits per heavy atom. The maximum Gasteiger partial charge on any atom is 0.241 e. The fourth-order valence-electron chi connectivity index (χ4n) is 3.96. The van der Waals surface area contributed by atoms with Gasteiger partial charge in [0.15, 0.2) is 0 Å². The molecule has 5 nitrogen and oxygen atoms in total. The average molecular weight is 263 g/mol. The van der Waals surface area contributed by atoms with Crippen LogP contribution in [0.15, 0.2) is 0 Å². The number of fused-ring (bicyclic) bond motifs is 1. The van der Waals surface area contributed by atoms with Crippen LogP contribution in [0.25, 0.3) is 0 Å². The minimum Gasteiger partial charge on any atom is -0.396 e. The first kappa shape index (κ1) is 12.9. The molecule has 5 heteroatoms. The molecule has 1 heterocycles. The highest BCUT2D eigenvalue weighted by atomic mass is 16.3. The van der Waals surface area contributed by atoms with E-state index in [2.05, 4.69) is 6.07 Å². The SMILES string of the molecule is N#C[C@@H]1C[C@@H]2C[C@@H]2N1C(=O)C(N)C1(CO)CCCC1. The predicted molar refractivity (Wildman–Crippen MR) is 68.7 cm³/mol. The number of rotatable bonds is 3. The Balaban J connectivity index is 1.78. The van der Waals surface area contributed by atoms with Crippen molar-refractivity contribution in [2.45, 2.75) is 56.7 Å². The smallest absolute Gasteiger partial charge is 0.241 e. The third-order valence-corrected chi connectivity index (χ3v) is 5.35. The molecule has 1 saturated heterocycles. The van der Waals surface area contributed by atoms with Crippen molar-refractivity contribution in [2.75, 3.05) is 6.61 Å². The van der Waals surface area contributed by atoms with Crippen LogP contribution in [0, 0.1) is 22.7 Å². The van der Waals surface area contributed by atoms with Gasteiger partial charge in [-0.05, 0) is 31.6 Å². The van der Waals surface area contributed by atoms with Gasteiger partial charge in [-0.2, -0.15) is 5.26 Å². The molecule has 1 aliphatic heterocycles. The minimum atomic E-state index is -0.657. The zero-order valence-electron chi connectivity index (χ0n) is 11.1. The van der Waals surface area contributed by atoms with Crippen LogP contribution in [-0.4, -0.2) is 40.6 Å². The zero-order valence-corrected chi connectivity index (χ0v) is 11.1. The van der Waals surface area contributed by atoms with Crippen LogP contribution in [-0.2, 0) is 4.79 Å². The molecule has 0 bridgehead atoms. The molecular weight excluding hydrogens is 242 g/mol. The molecule has 3 rings (SSSR count). The maximum absolute atomic E-state index is 12.6. The highest BCUT2D eigenvalue weighted by Crippen LogP contribution is 2.49. The average Bonchev–Trinajstić information content (AvgIpc) is 2.91. The lowest BCUT2D eigenvalue weighted by Gasteiger charge is -2.36. The van der Waals surface area contributed by atoms with Crippen molar-refractivity contribution in [3.8, 4) is 6.07 Å². The van der Waals surface area contributed by atoms with E-state index < -0.39 is 11.5 Å². The second-order valence-corrected chi connectivity index (χ2v) is 6.39. The number of aliphatic hydroxyl groups is 1. The normalized spacial score (nSPS) is 36.7.